The number of ketones is 1. The summed E-state index contributed by atoms with van der Waals surface area (Å²) in [7, 11) is 0. The summed E-state index contributed by atoms with van der Waals surface area (Å²) in [5.74, 6) is 0.263. The molecule has 0 atom stereocenters. The van der Waals surface area contributed by atoms with E-state index in [4.69, 9.17) is 0 Å². The van der Waals surface area contributed by atoms with Crippen LogP contribution in [0.15, 0.2) is 0 Å². The van der Waals surface area contributed by atoms with Crippen molar-refractivity contribution in [1.29, 1.82) is 0 Å². The van der Waals surface area contributed by atoms with E-state index < -0.39 is 11.1 Å². The lowest BCUT2D eigenvalue weighted by Crippen LogP contribution is -2.63. The lowest BCUT2D eigenvalue weighted by Gasteiger charge is -2.51. The van der Waals surface area contributed by atoms with Crippen LogP contribution in [0.4, 0.5) is 0 Å². The van der Waals surface area contributed by atoms with Gasteiger partial charge in [0.15, 0.2) is 0 Å². The van der Waals surface area contributed by atoms with E-state index in [0.29, 0.717) is 12.8 Å². The summed E-state index contributed by atoms with van der Waals surface area (Å²) in [5.41, 5.74) is -0.886. The summed E-state index contributed by atoms with van der Waals surface area (Å²) in [4.78, 5) is 11.9. The Kier molecular flexibility index (Phi) is 4.13. The fourth-order valence-electron chi connectivity index (χ4n) is 3.02. The highest BCUT2D eigenvalue weighted by Crippen LogP contribution is 2.43. The summed E-state index contributed by atoms with van der Waals surface area (Å²) in [6, 6.07) is 0. The van der Waals surface area contributed by atoms with Crippen LogP contribution in [0.2, 0.25) is 0 Å². The van der Waals surface area contributed by atoms with Crippen molar-refractivity contribution in [2.75, 3.05) is 0 Å². The highest BCUT2D eigenvalue weighted by molar-refractivity contribution is 5.82. The first-order valence-electron chi connectivity index (χ1n) is 6.49. The highest BCUT2D eigenvalue weighted by Gasteiger charge is 2.51. The molecule has 0 N–H and O–H groups in total. The Hall–Kier alpha value is -0.410. The third-order valence-corrected chi connectivity index (χ3v) is 4.55. The molecular formula is C13H24NO2. The Labute approximate surface area is 98.8 Å². The summed E-state index contributed by atoms with van der Waals surface area (Å²) in [6.07, 6.45) is 3.93. The molecule has 1 aliphatic heterocycles. The second kappa shape index (κ2) is 4.84. The van der Waals surface area contributed by atoms with Crippen molar-refractivity contribution in [2.45, 2.75) is 77.3 Å². The zero-order valence-corrected chi connectivity index (χ0v) is 11.0. The molecule has 1 aliphatic rings. The number of carbonyl (C=O) groups is 1. The van der Waals surface area contributed by atoms with Crippen LogP contribution < -0.4 is 0 Å². The van der Waals surface area contributed by atoms with Gasteiger partial charge in [0.1, 0.15) is 5.78 Å². The molecular weight excluding hydrogens is 203 g/mol. The quantitative estimate of drug-likeness (QED) is 0.692. The average Bonchev–Trinajstić information content (AvgIpc) is 2.32. The monoisotopic (exact) mass is 227 g/mol. The molecule has 3 heteroatoms. The van der Waals surface area contributed by atoms with Crippen molar-refractivity contribution in [3.63, 3.8) is 0 Å². The van der Waals surface area contributed by atoms with Crippen LogP contribution in [0.3, 0.4) is 0 Å². The summed E-state index contributed by atoms with van der Waals surface area (Å²) in [5, 5.41) is 13.9. The van der Waals surface area contributed by atoms with E-state index in [9.17, 15) is 10.0 Å². The first-order chi connectivity index (χ1) is 7.50. The topological polar surface area (TPSA) is 40.2 Å². The van der Waals surface area contributed by atoms with E-state index >= 15 is 0 Å². The first-order valence-corrected chi connectivity index (χ1v) is 6.49. The highest BCUT2D eigenvalue weighted by atomic mass is 16.8. The maximum atomic E-state index is 12.6. The third kappa shape index (κ3) is 1.91. The molecule has 0 aliphatic carbocycles. The molecule has 1 fully saturated rings. The standard InChI is InChI=1S/C13H24NO2/c1-5-12(6-2)9-11(15)10-13(7-3,8-4)14(12)16/h5-10H2,1-4H3/i14+1. The summed E-state index contributed by atoms with van der Waals surface area (Å²) < 4.78 is 0. The number of Topliss-reactive ketones (excluding diaryl/α,β-unsaturated/α-hetero) is 1. The van der Waals surface area contributed by atoms with Crippen molar-refractivity contribution in [1.82, 2.24) is 5.06 Å². The maximum Gasteiger partial charge on any atom is 0.136 e. The lowest BCUT2D eigenvalue weighted by molar-refractivity contribution is -0.301. The van der Waals surface area contributed by atoms with Gasteiger partial charge >= 0.3 is 0 Å². The Bertz CT molecular complexity index is 231. The van der Waals surface area contributed by atoms with E-state index in [1.165, 1.54) is 5.06 Å². The Morgan fingerprint density at radius 3 is 1.50 bits per heavy atom. The molecule has 16 heavy (non-hydrogen) atoms. The largest absolute Gasteiger partial charge is 0.300 e. The minimum absolute atomic E-state index is 0.263. The molecule has 0 saturated carbocycles. The van der Waals surface area contributed by atoms with Gasteiger partial charge in [-0.05, 0) is 25.7 Å². The molecule has 1 saturated heterocycles. The maximum absolute atomic E-state index is 12.6. The number of hydroxylamine groups is 2. The molecule has 93 valence electrons. The van der Waals surface area contributed by atoms with Gasteiger partial charge in [-0.2, -0.15) is 0 Å². The predicted octanol–water partition coefficient (Wildman–Crippen LogP) is 3.11. The van der Waals surface area contributed by atoms with Crippen LogP contribution in [0.5, 0.6) is 0 Å². The lowest BCUT2D eigenvalue weighted by atomic mass is 9.76. The molecule has 0 bridgehead atoms. The molecule has 1 rings (SSSR count). The van der Waals surface area contributed by atoms with Crippen LogP contribution in [-0.4, -0.2) is 21.9 Å². The van der Waals surface area contributed by atoms with Gasteiger partial charge in [-0.15, -0.1) is 10.3 Å². The average molecular weight is 227 g/mol. The van der Waals surface area contributed by atoms with Gasteiger partial charge < -0.3 is 0 Å². The van der Waals surface area contributed by atoms with Crippen LogP contribution in [0, 0.1) is 0 Å². The van der Waals surface area contributed by atoms with Gasteiger partial charge in [-0.1, -0.05) is 27.7 Å². The first kappa shape index (κ1) is 13.7. The van der Waals surface area contributed by atoms with Crippen molar-refractivity contribution in [3.05, 3.63) is 0 Å². The Morgan fingerprint density at radius 2 is 1.25 bits per heavy atom. The molecule has 0 spiro atoms. The molecule has 1 heterocycles. The molecule has 0 amide bonds. The molecule has 1 radical (unpaired) electrons. The minimum atomic E-state index is -0.443. The van der Waals surface area contributed by atoms with Crippen LogP contribution in [0.25, 0.3) is 0 Å². The van der Waals surface area contributed by atoms with E-state index in [2.05, 4.69) is 0 Å². The fraction of sp³-hybridized carbons (Fsp3) is 0.923. The van der Waals surface area contributed by atoms with Crippen LogP contribution in [0.1, 0.15) is 66.2 Å². The third-order valence-electron chi connectivity index (χ3n) is 4.55. The van der Waals surface area contributed by atoms with E-state index in [0.717, 1.165) is 25.7 Å². The van der Waals surface area contributed by atoms with Crippen molar-refractivity contribution < 1.29 is 10.0 Å². The molecule has 0 aromatic carbocycles. The van der Waals surface area contributed by atoms with E-state index in [1.54, 1.807) is 0 Å². The molecule has 3 nitrogen and oxygen atoms in total. The normalized spacial score (nSPS) is 24.7. The second-order valence-corrected chi connectivity index (χ2v) is 5.05. The molecule has 0 aromatic heterocycles. The van der Waals surface area contributed by atoms with Crippen molar-refractivity contribution in [2.24, 2.45) is 0 Å². The van der Waals surface area contributed by atoms with E-state index in [1.807, 2.05) is 27.7 Å². The number of hydrogen-bond acceptors (Lipinski definition) is 2. The SMILES string of the molecule is CCC1(CC)CC(=O)CC(CC)(CC)[15N]1[O]. The summed E-state index contributed by atoms with van der Waals surface area (Å²) in [6.45, 7) is 8.07. The van der Waals surface area contributed by atoms with Gasteiger partial charge in [-0.25, -0.2) is 0 Å². The second-order valence-electron chi connectivity index (χ2n) is 5.05. The fourth-order valence-corrected chi connectivity index (χ4v) is 3.02. The van der Waals surface area contributed by atoms with Gasteiger partial charge in [0.2, 0.25) is 0 Å². The Morgan fingerprint density at radius 1 is 0.938 bits per heavy atom. The van der Waals surface area contributed by atoms with Gasteiger partial charge in [-0.3, -0.25) is 4.79 Å². The Balaban J connectivity index is 3.11. The van der Waals surface area contributed by atoms with Gasteiger partial charge in [0.05, 0.1) is 11.1 Å². The number of carbonyl (C=O) groups excluding carboxylic acids is 1. The molecule has 0 aromatic rings. The number of hydrogen-bond donors (Lipinski definition) is 0. The van der Waals surface area contributed by atoms with Gasteiger partial charge in [0.25, 0.3) is 0 Å². The zero-order chi connectivity index (χ0) is 12.4. The van der Waals surface area contributed by atoms with E-state index in [-0.39, 0.29) is 5.78 Å². The number of nitrogens with zero attached hydrogens (tertiary/aromatic N) is 1. The van der Waals surface area contributed by atoms with Gasteiger partial charge in [0, 0.05) is 12.8 Å². The predicted molar refractivity (Wildman–Crippen MR) is 63.4 cm³/mol. The van der Waals surface area contributed by atoms with Crippen LogP contribution >= 0.6 is 0 Å². The number of rotatable bonds is 4. The summed E-state index contributed by atoms with van der Waals surface area (Å²) >= 11 is 0. The van der Waals surface area contributed by atoms with Crippen LogP contribution in [-0.2, 0) is 10.0 Å². The van der Waals surface area contributed by atoms with Crippen molar-refractivity contribution in [3.8, 4) is 0 Å². The zero-order valence-electron chi connectivity index (χ0n) is 11.0. The molecule has 0 unspecified atom stereocenters. The number of piperidine rings is 1. The smallest absolute Gasteiger partial charge is 0.136 e. The van der Waals surface area contributed by atoms with Crippen molar-refractivity contribution >= 4 is 5.78 Å². The minimum Gasteiger partial charge on any atom is -0.300 e.